The molecule has 0 saturated heterocycles. The Bertz CT molecular complexity index is 1040. The van der Waals surface area contributed by atoms with E-state index in [4.69, 9.17) is 9.52 Å². The molecule has 0 atom stereocenters. The number of carbonyl (C=O) groups is 1. The van der Waals surface area contributed by atoms with E-state index in [0.717, 1.165) is 27.7 Å². The van der Waals surface area contributed by atoms with Crippen LogP contribution in [0.4, 0.5) is 11.4 Å². The molecule has 1 aliphatic heterocycles. The molecule has 0 unspecified atom stereocenters. The lowest BCUT2D eigenvalue weighted by molar-refractivity contribution is 0.0692. The largest absolute Gasteiger partial charge is 0.477 e. The number of aromatic carboxylic acids is 1. The molecule has 0 spiro atoms. The minimum atomic E-state index is -1.28. The van der Waals surface area contributed by atoms with Gasteiger partial charge in [0.15, 0.2) is 0 Å². The third kappa shape index (κ3) is 2.18. The number of hydrogen-bond acceptors (Lipinski definition) is 5. The molecule has 0 bridgehead atoms. The van der Waals surface area contributed by atoms with Crippen molar-refractivity contribution in [2.24, 2.45) is 0 Å². The molecule has 0 amide bonds. The minimum absolute atomic E-state index is 0.351. The SMILES string of the molecule is CCN1c2ccccc2Sc2cc3cc(C(=O)O)c(=O)oc3cc21. The number of rotatable bonds is 2. The quantitative estimate of drug-likeness (QED) is 0.708. The normalized spacial score (nSPS) is 12.8. The van der Waals surface area contributed by atoms with Crippen LogP contribution in [0.25, 0.3) is 11.0 Å². The molecule has 1 N–H and O–H groups in total. The lowest BCUT2D eigenvalue weighted by Gasteiger charge is -2.31. The minimum Gasteiger partial charge on any atom is -0.477 e. The third-order valence-electron chi connectivity index (χ3n) is 4.03. The van der Waals surface area contributed by atoms with Gasteiger partial charge in [-0.05, 0) is 31.2 Å². The van der Waals surface area contributed by atoms with Crippen LogP contribution >= 0.6 is 11.8 Å². The number of para-hydroxylation sites is 1. The van der Waals surface area contributed by atoms with Gasteiger partial charge in [-0.1, -0.05) is 23.9 Å². The van der Waals surface area contributed by atoms with Gasteiger partial charge in [0.05, 0.1) is 11.4 Å². The summed E-state index contributed by atoms with van der Waals surface area (Å²) in [6.45, 7) is 2.83. The van der Waals surface area contributed by atoms with Gasteiger partial charge in [-0.3, -0.25) is 0 Å². The summed E-state index contributed by atoms with van der Waals surface area (Å²) in [7, 11) is 0. The van der Waals surface area contributed by atoms with Crippen LogP contribution in [0.3, 0.4) is 0 Å². The number of benzene rings is 2. The van der Waals surface area contributed by atoms with E-state index in [0.29, 0.717) is 11.0 Å². The maximum absolute atomic E-state index is 11.8. The van der Waals surface area contributed by atoms with E-state index in [1.54, 1.807) is 11.8 Å². The summed E-state index contributed by atoms with van der Waals surface area (Å²) in [6, 6.07) is 13.2. The van der Waals surface area contributed by atoms with Gasteiger partial charge >= 0.3 is 11.6 Å². The van der Waals surface area contributed by atoms with E-state index >= 15 is 0 Å². The van der Waals surface area contributed by atoms with Gasteiger partial charge < -0.3 is 14.4 Å². The molecule has 120 valence electrons. The van der Waals surface area contributed by atoms with Crippen molar-refractivity contribution in [2.45, 2.75) is 16.7 Å². The third-order valence-corrected chi connectivity index (χ3v) is 5.14. The topological polar surface area (TPSA) is 70.8 Å². The summed E-state index contributed by atoms with van der Waals surface area (Å²) in [4.78, 5) is 27.3. The number of fused-ring (bicyclic) bond motifs is 3. The Labute approximate surface area is 141 Å². The Kier molecular flexibility index (Phi) is 3.35. The smallest absolute Gasteiger partial charge is 0.351 e. The highest BCUT2D eigenvalue weighted by molar-refractivity contribution is 7.99. The molecular formula is C18H13NO4S. The Hall–Kier alpha value is -2.73. The average molecular weight is 339 g/mol. The molecule has 24 heavy (non-hydrogen) atoms. The van der Waals surface area contributed by atoms with E-state index in [1.165, 1.54) is 6.07 Å². The monoisotopic (exact) mass is 339 g/mol. The van der Waals surface area contributed by atoms with Crippen molar-refractivity contribution in [2.75, 3.05) is 11.4 Å². The van der Waals surface area contributed by atoms with Crippen molar-refractivity contribution >= 4 is 40.1 Å². The number of anilines is 2. The number of carboxylic acid groups (broad SMARTS) is 1. The summed E-state index contributed by atoms with van der Waals surface area (Å²) in [5.41, 5.74) is 1.28. The van der Waals surface area contributed by atoms with Gasteiger partial charge in [0.25, 0.3) is 0 Å². The molecule has 0 fully saturated rings. The summed E-state index contributed by atoms with van der Waals surface area (Å²) < 4.78 is 5.23. The first-order chi connectivity index (χ1) is 11.6. The summed E-state index contributed by atoms with van der Waals surface area (Å²) in [5.74, 6) is -1.28. The van der Waals surface area contributed by atoms with Crippen LogP contribution < -0.4 is 10.5 Å². The van der Waals surface area contributed by atoms with Gasteiger partial charge in [-0.25, -0.2) is 9.59 Å². The van der Waals surface area contributed by atoms with E-state index < -0.39 is 11.6 Å². The second-order valence-corrected chi connectivity index (χ2v) is 6.51. The van der Waals surface area contributed by atoms with Crippen molar-refractivity contribution in [1.29, 1.82) is 0 Å². The molecule has 0 radical (unpaired) electrons. The molecule has 5 nitrogen and oxygen atoms in total. The van der Waals surface area contributed by atoms with E-state index in [2.05, 4.69) is 24.0 Å². The lowest BCUT2D eigenvalue weighted by Crippen LogP contribution is -2.20. The Morgan fingerprint density at radius 1 is 1.17 bits per heavy atom. The maximum Gasteiger partial charge on any atom is 0.351 e. The molecule has 4 rings (SSSR count). The number of hydrogen-bond donors (Lipinski definition) is 1. The highest BCUT2D eigenvalue weighted by Crippen LogP contribution is 2.48. The zero-order valence-corrected chi connectivity index (χ0v) is 13.6. The van der Waals surface area contributed by atoms with Crippen LogP contribution in [0.15, 0.2) is 61.5 Å². The van der Waals surface area contributed by atoms with Crippen LogP contribution in [0.5, 0.6) is 0 Å². The van der Waals surface area contributed by atoms with Crippen LogP contribution in [0, 0.1) is 0 Å². The first-order valence-electron chi connectivity index (χ1n) is 7.48. The highest BCUT2D eigenvalue weighted by Gasteiger charge is 2.24. The van der Waals surface area contributed by atoms with E-state index in [1.807, 2.05) is 24.3 Å². The average Bonchev–Trinajstić information content (AvgIpc) is 2.57. The summed E-state index contributed by atoms with van der Waals surface area (Å²) in [6.07, 6.45) is 0. The zero-order valence-electron chi connectivity index (χ0n) is 12.8. The first kappa shape index (κ1) is 14.8. The lowest BCUT2D eigenvalue weighted by atomic mass is 10.1. The van der Waals surface area contributed by atoms with Crippen molar-refractivity contribution in [3.05, 3.63) is 58.4 Å². The van der Waals surface area contributed by atoms with Crippen LogP contribution in [-0.2, 0) is 0 Å². The summed E-state index contributed by atoms with van der Waals surface area (Å²) >= 11 is 1.63. The molecule has 2 aromatic carbocycles. The van der Waals surface area contributed by atoms with Crippen molar-refractivity contribution in [3.63, 3.8) is 0 Å². The molecule has 0 saturated carbocycles. The van der Waals surface area contributed by atoms with Crippen LogP contribution in [0.1, 0.15) is 17.3 Å². The zero-order chi connectivity index (χ0) is 16.8. The summed E-state index contributed by atoms with van der Waals surface area (Å²) in [5, 5.41) is 9.71. The van der Waals surface area contributed by atoms with Gasteiger partial charge in [0.1, 0.15) is 11.1 Å². The fourth-order valence-corrected chi connectivity index (χ4v) is 4.06. The van der Waals surface area contributed by atoms with Gasteiger partial charge in [-0.2, -0.15) is 0 Å². The molecular weight excluding hydrogens is 326 g/mol. The Morgan fingerprint density at radius 3 is 2.71 bits per heavy atom. The Balaban J connectivity index is 1.97. The molecule has 2 heterocycles. The van der Waals surface area contributed by atoms with Crippen molar-refractivity contribution in [1.82, 2.24) is 0 Å². The van der Waals surface area contributed by atoms with E-state index in [-0.39, 0.29) is 5.56 Å². The predicted molar refractivity (Wildman–Crippen MR) is 92.7 cm³/mol. The van der Waals surface area contributed by atoms with Gasteiger partial charge in [0.2, 0.25) is 0 Å². The molecule has 1 aliphatic rings. The standard InChI is InChI=1S/C18H13NO4S/c1-2-19-12-5-3-4-6-15(12)24-16-8-10-7-11(17(20)21)18(22)23-14(10)9-13(16)19/h3-9H,2H2,1H3,(H,20,21). The van der Waals surface area contributed by atoms with E-state index in [9.17, 15) is 9.59 Å². The first-order valence-corrected chi connectivity index (χ1v) is 8.29. The second kappa shape index (κ2) is 5.42. The maximum atomic E-state index is 11.8. The fraction of sp³-hybridized carbons (Fsp3) is 0.111. The fourth-order valence-electron chi connectivity index (χ4n) is 2.93. The number of carboxylic acids is 1. The molecule has 3 aromatic rings. The van der Waals surface area contributed by atoms with Crippen molar-refractivity contribution in [3.8, 4) is 0 Å². The van der Waals surface area contributed by atoms with Crippen molar-refractivity contribution < 1.29 is 14.3 Å². The molecule has 0 aliphatic carbocycles. The predicted octanol–water partition coefficient (Wildman–Crippen LogP) is 4.11. The Morgan fingerprint density at radius 2 is 1.96 bits per heavy atom. The van der Waals surface area contributed by atoms with Crippen LogP contribution in [0.2, 0.25) is 0 Å². The van der Waals surface area contributed by atoms with Gasteiger partial charge in [-0.15, -0.1) is 0 Å². The highest BCUT2D eigenvalue weighted by atomic mass is 32.2. The van der Waals surface area contributed by atoms with Crippen LogP contribution in [-0.4, -0.2) is 17.6 Å². The number of nitrogens with zero attached hydrogens (tertiary/aromatic N) is 1. The second-order valence-electron chi connectivity index (χ2n) is 5.42. The molecule has 6 heteroatoms. The molecule has 1 aromatic heterocycles. The van der Waals surface area contributed by atoms with Gasteiger partial charge in [0, 0.05) is 27.8 Å².